The third kappa shape index (κ3) is 6.82. The molecule has 1 aromatic carbocycles. The van der Waals surface area contributed by atoms with E-state index in [0.717, 1.165) is 6.42 Å². The van der Waals surface area contributed by atoms with E-state index >= 15 is 0 Å². The summed E-state index contributed by atoms with van der Waals surface area (Å²) in [6, 6.07) is 8.13. The number of nitrogens with zero attached hydrogens (tertiary/aromatic N) is 1. The second-order valence-corrected chi connectivity index (χ2v) is 9.61. The van der Waals surface area contributed by atoms with Gasteiger partial charge in [-0.25, -0.2) is 13.1 Å². The van der Waals surface area contributed by atoms with Crippen molar-refractivity contribution in [3.05, 3.63) is 35.9 Å². The number of hydrogen-bond donors (Lipinski definition) is 2. The minimum absolute atomic E-state index is 0.00376. The van der Waals surface area contributed by atoms with Crippen LogP contribution in [0.2, 0.25) is 0 Å². The van der Waals surface area contributed by atoms with E-state index in [1.165, 1.54) is 0 Å². The molecule has 2 rings (SSSR count). The molecule has 1 aliphatic rings. The summed E-state index contributed by atoms with van der Waals surface area (Å²) in [5.41, 5.74) is 0.526. The quantitative estimate of drug-likeness (QED) is 0.636. The van der Waals surface area contributed by atoms with Crippen LogP contribution in [-0.2, 0) is 14.8 Å². The van der Waals surface area contributed by atoms with Crippen LogP contribution in [0.15, 0.2) is 30.3 Å². The topological polar surface area (TPSA) is 95.6 Å². The molecule has 8 heteroatoms. The van der Waals surface area contributed by atoms with Gasteiger partial charge in [0.1, 0.15) is 6.04 Å². The van der Waals surface area contributed by atoms with Gasteiger partial charge in [0, 0.05) is 24.7 Å². The van der Waals surface area contributed by atoms with E-state index in [1.807, 2.05) is 26.8 Å². The first-order valence-electron chi connectivity index (χ1n) is 10.4. The maximum absolute atomic E-state index is 13.1. The number of likely N-dealkylation sites (tertiary alicyclic amines) is 1. The van der Waals surface area contributed by atoms with Crippen LogP contribution in [0.5, 0.6) is 0 Å². The third-order valence-corrected chi connectivity index (χ3v) is 7.07. The Morgan fingerprint density at radius 2 is 1.76 bits per heavy atom. The monoisotopic (exact) mass is 423 g/mol. The fourth-order valence-electron chi connectivity index (χ4n) is 3.49. The van der Waals surface area contributed by atoms with E-state index in [-0.39, 0.29) is 29.5 Å². The SMILES string of the molecule is CCCS(=O)(=O)NC1CCN(C(=O)C(NC(=O)c2ccccc2)C(C)CC)CC1. The molecule has 7 nitrogen and oxygen atoms in total. The Balaban J connectivity index is 1.99. The van der Waals surface area contributed by atoms with Crippen molar-refractivity contribution in [3.8, 4) is 0 Å². The number of carbonyl (C=O) groups excluding carboxylic acids is 2. The number of nitrogens with one attached hydrogen (secondary N) is 2. The number of carbonyl (C=O) groups is 2. The van der Waals surface area contributed by atoms with Gasteiger partial charge in [0.15, 0.2) is 0 Å². The average Bonchev–Trinajstić information content (AvgIpc) is 2.71. The Kier molecular flexibility index (Phi) is 8.64. The molecule has 162 valence electrons. The second-order valence-electron chi connectivity index (χ2n) is 7.74. The summed E-state index contributed by atoms with van der Waals surface area (Å²) in [4.78, 5) is 27.4. The maximum Gasteiger partial charge on any atom is 0.251 e. The van der Waals surface area contributed by atoms with Crippen LogP contribution in [-0.4, -0.2) is 56.1 Å². The summed E-state index contributed by atoms with van der Waals surface area (Å²) in [5, 5.41) is 2.91. The molecule has 1 aliphatic heterocycles. The Hall–Kier alpha value is -1.93. The molecule has 0 spiro atoms. The van der Waals surface area contributed by atoms with Gasteiger partial charge in [-0.2, -0.15) is 0 Å². The van der Waals surface area contributed by atoms with Crippen molar-refractivity contribution < 1.29 is 18.0 Å². The third-order valence-electron chi connectivity index (χ3n) is 5.43. The van der Waals surface area contributed by atoms with E-state index in [9.17, 15) is 18.0 Å². The van der Waals surface area contributed by atoms with E-state index in [0.29, 0.717) is 37.9 Å². The van der Waals surface area contributed by atoms with Crippen LogP contribution >= 0.6 is 0 Å². The van der Waals surface area contributed by atoms with Crippen LogP contribution in [0.4, 0.5) is 0 Å². The highest BCUT2D eigenvalue weighted by Crippen LogP contribution is 2.17. The van der Waals surface area contributed by atoms with Gasteiger partial charge in [-0.05, 0) is 37.3 Å². The largest absolute Gasteiger partial charge is 0.341 e. The zero-order valence-electron chi connectivity index (χ0n) is 17.6. The lowest BCUT2D eigenvalue weighted by atomic mass is 9.96. The zero-order valence-corrected chi connectivity index (χ0v) is 18.4. The first kappa shape index (κ1) is 23.3. The summed E-state index contributed by atoms with van der Waals surface area (Å²) in [6.07, 6.45) is 2.49. The highest BCUT2D eigenvalue weighted by atomic mass is 32.2. The van der Waals surface area contributed by atoms with Gasteiger partial charge >= 0.3 is 0 Å². The summed E-state index contributed by atoms with van der Waals surface area (Å²) in [6.45, 7) is 6.74. The molecule has 0 aliphatic carbocycles. The Morgan fingerprint density at radius 1 is 1.14 bits per heavy atom. The molecule has 1 fully saturated rings. The van der Waals surface area contributed by atoms with Crippen molar-refractivity contribution in [2.45, 2.75) is 58.5 Å². The van der Waals surface area contributed by atoms with E-state index in [2.05, 4.69) is 10.0 Å². The predicted molar refractivity (Wildman–Crippen MR) is 114 cm³/mol. The first-order valence-corrected chi connectivity index (χ1v) is 12.1. The van der Waals surface area contributed by atoms with Crippen molar-refractivity contribution in [3.63, 3.8) is 0 Å². The molecule has 29 heavy (non-hydrogen) atoms. The molecule has 1 saturated heterocycles. The van der Waals surface area contributed by atoms with Crippen LogP contribution < -0.4 is 10.0 Å². The molecule has 2 N–H and O–H groups in total. The normalized spacial score (nSPS) is 17.6. The molecule has 2 unspecified atom stereocenters. The smallest absolute Gasteiger partial charge is 0.251 e. The van der Waals surface area contributed by atoms with Gasteiger partial charge in [-0.1, -0.05) is 45.4 Å². The fraction of sp³-hybridized carbons (Fsp3) is 0.619. The van der Waals surface area contributed by atoms with Gasteiger partial charge in [-0.15, -0.1) is 0 Å². The number of amides is 2. The van der Waals surface area contributed by atoms with E-state index in [4.69, 9.17) is 0 Å². The number of sulfonamides is 1. The molecular weight excluding hydrogens is 390 g/mol. The lowest BCUT2D eigenvalue weighted by Crippen LogP contribution is -2.55. The number of benzene rings is 1. The van der Waals surface area contributed by atoms with Crippen LogP contribution in [0.1, 0.15) is 56.8 Å². The average molecular weight is 424 g/mol. The molecule has 2 amide bonds. The molecule has 0 saturated carbocycles. The van der Waals surface area contributed by atoms with Crippen LogP contribution in [0.25, 0.3) is 0 Å². The summed E-state index contributed by atoms with van der Waals surface area (Å²) in [7, 11) is -3.26. The number of piperidine rings is 1. The van der Waals surface area contributed by atoms with Gasteiger partial charge in [0.25, 0.3) is 5.91 Å². The summed E-state index contributed by atoms with van der Waals surface area (Å²) >= 11 is 0. The molecule has 1 aromatic rings. The minimum atomic E-state index is -3.26. The fourth-order valence-corrected chi connectivity index (χ4v) is 4.89. The summed E-state index contributed by atoms with van der Waals surface area (Å²) < 4.78 is 26.7. The highest BCUT2D eigenvalue weighted by Gasteiger charge is 2.33. The number of rotatable bonds is 9. The van der Waals surface area contributed by atoms with Crippen molar-refractivity contribution in [1.82, 2.24) is 14.9 Å². The second kappa shape index (κ2) is 10.7. The predicted octanol–water partition coefficient (Wildman–Crippen LogP) is 2.15. The molecule has 1 heterocycles. The van der Waals surface area contributed by atoms with E-state index < -0.39 is 16.1 Å². The Morgan fingerprint density at radius 3 is 2.31 bits per heavy atom. The lowest BCUT2D eigenvalue weighted by molar-refractivity contribution is -0.135. The molecule has 0 bridgehead atoms. The lowest BCUT2D eigenvalue weighted by Gasteiger charge is -2.36. The number of hydrogen-bond acceptors (Lipinski definition) is 4. The highest BCUT2D eigenvalue weighted by molar-refractivity contribution is 7.89. The molecule has 2 atom stereocenters. The molecule has 0 radical (unpaired) electrons. The molecule has 0 aromatic heterocycles. The van der Waals surface area contributed by atoms with Gasteiger partial charge < -0.3 is 10.2 Å². The van der Waals surface area contributed by atoms with Gasteiger partial charge in [0.05, 0.1) is 5.75 Å². The van der Waals surface area contributed by atoms with Crippen molar-refractivity contribution in [2.75, 3.05) is 18.8 Å². The maximum atomic E-state index is 13.1. The Labute approximate surface area is 174 Å². The van der Waals surface area contributed by atoms with Gasteiger partial charge in [0.2, 0.25) is 15.9 Å². The first-order chi connectivity index (χ1) is 13.8. The van der Waals surface area contributed by atoms with Crippen molar-refractivity contribution in [2.24, 2.45) is 5.92 Å². The molecular formula is C21H33N3O4S. The van der Waals surface area contributed by atoms with Crippen LogP contribution in [0, 0.1) is 5.92 Å². The zero-order chi connectivity index (χ0) is 21.4. The van der Waals surface area contributed by atoms with Crippen molar-refractivity contribution >= 4 is 21.8 Å². The van der Waals surface area contributed by atoms with Crippen LogP contribution in [0.3, 0.4) is 0 Å². The standard InChI is InChI=1S/C21H33N3O4S/c1-4-15-29(27,28)23-18-11-13-24(14-12-18)21(26)19(16(3)5-2)22-20(25)17-9-7-6-8-10-17/h6-10,16,18-19,23H,4-5,11-15H2,1-3H3,(H,22,25). The Bertz CT molecular complexity index is 774. The van der Waals surface area contributed by atoms with E-state index in [1.54, 1.807) is 29.2 Å². The summed E-state index contributed by atoms with van der Waals surface area (Å²) in [5.74, 6) is -0.241. The minimum Gasteiger partial charge on any atom is -0.341 e. The van der Waals surface area contributed by atoms with Crippen molar-refractivity contribution in [1.29, 1.82) is 0 Å². The van der Waals surface area contributed by atoms with Gasteiger partial charge in [-0.3, -0.25) is 9.59 Å².